The minimum Gasteiger partial charge on any atom is -0.335 e. The van der Waals surface area contributed by atoms with Gasteiger partial charge in [0.2, 0.25) is 0 Å². The average molecular weight is 336 g/mol. The monoisotopic (exact) mass is 336 g/mol. The van der Waals surface area contributed by atoms with Crippen LogP contribution in [0.1, 0.15) is 12.8 Å². The first-order chi connectivity index (χ1) is 12.2. The van der Waals surface area contributed by atoms with Crippen LogP contribution in [-0.4, -0.2) is 48.0 Å². The Bertz CT molecular complexity index is 759. The zero-order valence-corrected chi connectivity index (χ0v) is 14.3. The molecule has 5 nitrogen and oxygen atoms in total. The van der Waals surface area contributed by atoms with Crippen molar-refractivity contribution < 1.29 is 4.74 Å². The summed E-state index contributed by atoms with van der Waals surface area (Å²) in [6.07, 6.45) is 3.94. The molecule has 0 aliphatic carbocycles. The van der Waals surface area contributed by atoms with Gasteiger partial charge in [0.25, 0.3) is 0 Å². The van der Waals surface area contributed by atoms with Gasteiger partial charge in [0, 0.05) is 24.0 Å². The first kappa shape index (κ1) is 15.3. The van der Waals surface area contributed by atoms with Crippen LogP contribution in [0.3, 0.4) is 0 Å². The summed E-state index contributed by atoms with van der Waals surface area (Å²) in [6.45, 7) is 4.29. The zero-order valence-electron chi connectivity index (χ0n) is 14.3. The lowest BCUT2D eigenvalue weighted by molar-refractivity contribution is -0.137. The predicted molar refractivity (Wildman–Crippen MR) is 98.0 cm³/mol. The molecule has 1 spiro atoms. The van der Waals surface area contributed by atoms with E-state index in [0.717, 1.165) is 30.0 Å². The van der Waals surface area contributed by atoms with E-state index >= 15 is 0 Å². The van der Waals surface area contributed by atoms with E-state index in [9.17, 15) is 0 Å². The molecule has 6 rings (SSSR count). The number of nitrogens with zero attached hydrogens (tertiary/aromatic N) is 3. The molecule has 5 heterocycles. The molecule has 1 aromatic heterocycles. The number of anilines is 1. The second-order valence-electron chi connectivity index (χ2n) is 7.52. The summed E-state index contributed by atoms with van der Waals surface area (Å²) in [5.41, 5.74) is 9.48. The number of nitrogens with two attached hydrogens (primary N) is 1. The highest BCUT2D eigenvalue weighted by Crippen LogP contribution is 2.43. The minimum atomic E-state index is -0.383. The molecule has 130 valence electrons. The Kier molecular flexibility index (Phi) is 3.55. The Morgan fingerprint density at radius 1 is 1.08 bits per heavy atom. The van der Waals surface area contributed by atoms with Crippen molar-refractivity contribution in [3.8, 4) is 11.3 Å². The van der Waals surface area contributed by atoms with Crippen LogP contribution in [0.2, 0.25) is 0 Å². The van der Waals surface area contributed by atoms with Gasteiger partial charge in [-0.25, -0.2) is 0 Å². The summed E-state index contributed by atoms with van der Waals surface area (Å²) in [5, 5.41) is 0. The van der Waals surface area contributed by atoms with Crippen molar-refractivity contribution in [3.05, 3.63) is 48.7 Å². The van der Waals surface area contributed by atoms with Gasteiger partial charge in [-0.2, -0.15) is 0 Å². The molecule has 2 atom stereocenters. The van der Waals surface area contributed by atoms with Crippen LogP contribution in [0.15, 0.2) is 48.7 Å². The molecule has 4 aliphatic heterocycles. The third-order valence-electron chi connectivity index (χ3n) is 6.07. The molecular weight excluding hydrogens is 312 g/mol. The van der Waals surface area contributed by atoms with Crippen molar-refractivity contribution in [3.63, 3.8) is 0 Å². The second kappa shape index (κ2) is 5.80. The van der Waals surface area contributed by atoms with E-state index in [1.165, 1.54) is 25.9 Å². The van der Waals surface area contributed by atoms with Crippen molar-refractivity contribution in [2.45, 2.75) is 24.8 Å². The molecule has 2 aromatic rings. The Morgan fingerprint density at radius 3 is 2.60 bits per heavy atom. The molecule has 5 heteroatoms. The van der Waals surface area contributed by atoms with Crippen LogP contribution in [0.4, 0.5) is 5.69 Å². The van der Waals surface area contributed by atoms with Gasteiger partial charge in [0.1, 0.15) is 5.60 Å². The smallest absolute Gasteiger partial charge is 0.185 e. The van der Waals surface area contributed by atoms with Crippen LogP contribution in [0.25, 0.3) is 11.3 Å². The third-order valence-corrected chi connectivity index (χ3v) is 6.07. The summed E-state index contributed by atoms with van der Waals surface area (Å²) in [6, 6.07) is 14.4. The Labute approximate surface area is 148 Å². The van der Waals surface area contributed by atoms with E-state index < -0.39 is 0 Å². The number of fused-ring (bicyclic) bond motifs is 2. The van der Waals surface area contributed by atoms with Gasteiger partial charge in [0.05, 0.1) is 12.2 Å². The molecule has 0 radical (unpaired) electrons. The summed E-state index contributed by atoms with van der Waals surface area (Å²) < 4.78 is 6.38. The fourth-order valence-corrected chi connectivity index (χ4v) is 4.76. The van der Waals surface area contributed by atoms with Gasteiger partial charge in [0.15, 0.2) is 6.35 Å². The van der Waals surface area contributed by atoms with Crippen LogP contribution >= 0.6 is 0 Å². The average Bonchev–Trinajstić information content (AvgIpc) is 2.99. The lowest BCUT2D eigenvalue weighted by Gasteiger charge is -2.50. The molecule has 4 aliphatic rings. The number of rotatable bonds is 2. The molecule has 2 N–H and O–H groups in total. The lowest BCUT2D eigenvalue weighted by Crippen LogP contribution is -2.61. The second-order valence-corrected chi connectivity index (χ2v) is 7.52. The van der Waals surface area contributed by atoms with E-state index in [1.54, 1.807) is 0 Å². The normalized spacial score (nSPS) is 34.0. The van der Waals surface area contributed by atoms with Gasteiger partial charge in [-0.15, -0.1) is 0 Å². The first-order valence-electron chi connectivity index (χ1n) is 9.17. The number of benzene rings is 1. The van der Waals surface area contributed by atoms with Crippen molar-refractivity contribution in [1.82, 2.24) is 9.88 Å². The van der Waals surface area contributed by atoms with Gasteiger partial charge < -0.3 is 14.5 Å². The molecule has 25 heavy (non-hydrogen) atoms. The summed E-state index contributed by atoms with van der Waals surface area (Å²) >= 11 is 0. The van der Waals surface area contributed by atoms with Crippen LogP contribution < -0.4 is 10.6 Å². The molecule has 4 fully saturated rings. The first-order valence-corrected chi connectivity index (χ1v) is 9.17. The zero-order chi connectivity index (χ0) is 16.9. The summed E-state index contributed by atoms with van der Waals surface area (Å²) in [7, 11) is 0. The minimum absolute atomic E-state index is 0.105. The lowest BCUT2D eigenvalue weighted by atomic mass is 9.75. The molecular formula is C20H24N4O. The molecule has 0 amide bonds. The van der Waals surface area contributed by atoms with Crippen molar-refractivity contribution in [2.75, 3.05) is 31.1 Å². The van der Waals surface area contributed by atoms with Crippen LogP contribution in [-0.2, 0) is 4.74 Å². The van der Waals surface area contributed by atoms with Gasteiger partial charge >= 0.3 is 0 Å². The number of aromatic nitrogens is 1. The maximum absolute atomic E-state index is 6.40. The summed E-state index contributed by atoms with van der Waals surface area (Å²) in [5.74, 6) is 0.629. The highest BCUT2D eigenvalue weighted by atomic mass is 16.6. The maximum atomic E-state index is 6.40. The van der Waals surface area contributed by atoms with Gasteiger partial charge in [-0.3, -0.25) is 10.7 Å². The highest BCUT2D eigenvalue weighted by molar-refractivity contribution is 5.64. The fraction of sp³-hybridized carbons (Fsp3) is 0.450. The molecule has 0 saturated carbocycles. The number of ether oxygens (including phenoxy) is 1. The van der Waals surface area contributed by atoms with E-state index in [0.29, 0.717) is 5.92 Å². The van der Waals surface area contributed by atoms with Crippen molar-refractivity contribution in [1.29, 1.82) is 0 Å². The van der Waals surface area contributed by atoms with E-state index in [4.69, 9.17) is 10.5 Å². The standard InChI is InChI=1S/C20H24N4O/c21-19-24(14-20(25-19)13-23-10-7-16(20)8-11-23)17-6-9-22-18(12-17)15-4-2-1-3-5-15/h1-6,9,12,16,19H,7-8,10-11,13-14,21H2. The maximum Gasteiger partial charge on any atom is 0.185 e. The summed E-state index contributed by atoms with van der Waals surface area (Å²) in [4.78, 5) is 9.26. The molecule has 2 bridgehead atoms. The fourth-order valence-electron chi connectivity index (χ4n) is 4.76. The highest BCUT2D eigenvalue weighted by Gasteiger charge is 2.54. The van der Waals surface area contributed by atoms with Gasteiger partial charge in [-0.05, 0) is 44.0 Å². The quantitative estimate of drug-likeness (QED) is 0.912. The van der Waals surface area contributed by atoms with Crippen molar-refractivity contribution in [2.24, 2.45) is 11.7 Å². The number of hydrogen-bond acceptors (Lipinski definition) is 5. The molecule has 4 saturated heterocycles. The number of pyridine rings is 1. The topological polar surface area (TPSA) is 54.6 Å². The Balaban J connectivity index is 1.44. The van der Waals surface area contributed by atoms with E-state index in [-0.39, 0.29) is 12.0 Å². The number of hydrogen-bond donors (Lipinski definition) is 1. The number of piperidine rings is 3. The van der Waals surface area contributed by atoms with Crippen molar-refractivity contribution >= 4 is 5.69 Å². The third kappa shape index (κ3) is 2.54. The molecule has 2 unspecified atom stereocenters. The van der Waals surface area contributed by atoms with E-state index in [2.05, 4.69) is 33.0 Å². The van der Waals surface area contributed by atoms with E-state index in [1.807, 2.05) is 30.5 Å². The SMILES string of the molecule is NC1OC2(CN3CCC2CC3)CN1c1ccnc(-c2ccccc2)c1. The van der Waals surface area contributed by atoms with Crippen LogP contribution in [0.5, 0.6) is 0 Å². The van der Waals surface area contributed by atoms with Gasteiger partial charge in [-0.1, -0.05) is 30.3 Å². The predicted octanol–water partition coefficient (Wildman–Crippen LogP) is 2.29. The Hall–Kier alpha value is -1.95. The Morgan fingerprint density at radius 2 is 1.88 bits per heavy atom. The van der Waals surface area contributed by atoms with Crippen LogP contribution in [0, 0.1) is 5.92 Å². The molecule has 1 aromatic carbocycles. The largest absolute Gasteiger partial charge is 0.335 e.